The molecule has 0 radical (unpaired) electrons. The van der Waals surface area contributed by atoms with E-state index in [1.54, 1.807) is 0 Å². The maximum absolute atomic E-state index is 9.72. The molecule has 0 aliphatic carbocycles. The Kier molecular flexibility index (Phi) is 4.35. The van der Waals surface area contributed by atoms with Crippen molar-refractivity contribution >= 4 is 0 Å². The summed E-state index contributed by atoms with van der Waals surface area (Å²) in [6, 6.07) is 0. The summed E-state index contributed by atoms with van der Waals surface area (Å²) in [4.78, 5) is 0. The summed E-state index contributed by atoms with van der Waals surface area (Å²) in [5.74, 6) is 0.633. The smallest absolute Gasteiger partial charge is 0.0777 e. The quantitative estimate of drug-likeness (QED) is 0.717. The Labute approximate surface area is 86.8 Å². The van der Waals surface area contributed by atoms with E-state index in [1.807, 2.05) is 20.8 Å². The van der Waals surface area contributed by atoms with E-state index in [4.69, 9.17) is 4.74 Å². The molecule has 2 atom stereocenters. The minimum absolute atomic E-state index is 0.144. The van der Waals surface area contributed by atoms with Crippen molar-refractivity contribution in [1.82, 2.24) is 5.32 Å². The topological polar surface area (TPSA) is 41.5 Å². The van der Waals surface area contributed by atoms with Crippen LogP contribution in [0.5, 0.6) is 0 Å². The van der Waals surface area contributed by atoms with Crippen LogP contribution in [0, 0.1) is 5.92 Å². The highest BCUT2D eigenvalue weighted by Gasteiger charge is 2.20. The molecule has 0 aromatic heterocycles. The third kappa shape index (κ3) is 4.94. The summed E-state index contributed by atoms with van der Waals surface area (Å²) in [5, 5.41) is 13.0. The number of rotatable bonds is 4. The Balaban J connectivity index is 2.12. The van der Waals surface area contributed by atoms with Crippen LogP contribution >= 0.6 is 0 Å². The maximum atomic E-state index is 9.72. The minimum atomic E-state index is -0.306. The van der Waals surface area contributed by atoms with Crippen LogP contribution in [0.1, 0.15) is 33.6 Å². The molecular formula is C11H23NO2. The van der Waals surface area contributed by atoms with Crippen LogP contribution in [0.4, 0.5) is 0 Å². The molecule has 1 rings (SSSR count). The van der Waals surface area contributed by atoms with Gasteiger partial charge < -0.3 is 15.2 Å². The summed E-state index contributed by atoms with van der Waals surface area (Å²) in [6.07, 6.45) is 1.74. The van der Waals surface area contributed by atoms with Crippen molar-refractivity contribution in [2.24, 2.45) is 5.92 Å². The van der Waals surface area contributed by atoms with Crippen LogP contribution in [0.3, 0.4) is 0 Å². The third-order valence-corrected chi connectivity index (χ3v) is 2.48. The predicted molar refractivity (Wildman–Crippen MR) is 57.3 cm³/mol. The largest absolute Gasteiger partial charge is 0.391 e. The number of nitrogens with one attached hydrogen (secondary N) is 1. The van der Waals surface area contributed by atoms with Crippen molar-refractivity contribution in [1.29, 1.82) is 0 Å². The van der Waals surface area contributed by atoms with Gasteiger partial charge in [0.2, 0.25) is 0 Å². The molecule has 84 valence electrons. The van der Waals surface area contributed by atoms with Crippen LogP contribution in [0.15, 0.2) is 0 Å². The fourth-order valence-electron chi connectivity index (χ4n) is 1.71. The molecule has 14 heavy (non-hydrogen) atoms. The zero-order valence-electron chi connectivity index (χ0n) is 9.55. The summed E-state index contributed by atoms with van der Waals surface area (Å²) in [5.41, 5.74) is -0.144. The Morgan fingerprint density at radius 3 is 2.71 bits per heavy atom. The van der Waals surface area contributed by atoms with E-state index in [0.717, 1.165) is 19.5 Å². The molecule has 0 amide bonds. The van der Waals surface area contributed by atoms with Crippen molar-refractivity contribution in [3.05, 3.63) is 0 Å². The first-order valence-corrected chi connectivity index (χ1v) is 5.50. The normalized spacial score (nSPS) is 25.3. The van der Waals surface area contributed by atoms with Crippen LogP contribution < -0.4 is 5.32 Å². The van der Waals surface area contributed by atoms with E-state index in [0.29, 0.717) is 12.5 Å². The zero-order chi connectivity index (χ0) is 10.6. The van der Waals surface area contributed by atoms with Crippen molar-refractivity contribution in [3.8, 4) is 0 Å². The van der Waals surface area contributed by atoms with Gasteiger partial charge in [-0.2, -0.15) is 0 Å². The standard InChI is InChI=1S/C11H23NO2/c1-11(2,3)14-8-10(13)6-9-4-5-12-7-9/h9-10,12-13H,4-8H2,1-3H3/t9?,10-/m1/s1. The highest BCUT2D eigenvalue weighted by Crippen LogP contribution is 2.16. The van der Waals surface area contributed by atoms with Crippen molar-refractivity contribution in [2.45, 2.75) is 45.3 Å². The lowest BCUT2D eigenvalue weighted by Gasteiger charge is -2.23. The summed E-state index contributed by atoms with van der Waals surface area (Å²) < 4.78 is 5.53. The van der Waals surface area contributed by atoms with Gasteiger partial charge in [0.05, 0.1) is 18.3 Å². The molecule has 1 aliphatic rings. The Morgan fingerprint density at radius 1 is 1.50 bits per heavy atom. The van der Waals surface area contributed by atoms with E-state index in [2.05, 4.69) is 5.32 Å². The van der Waals surface area contributed by atoms with Gasteiger partial charge in [-0.3, -0.25) is 0 Å². The fraction of sp³-hybridized carbons (Fsp3) is 1.00. The molecule has 0 aromatic rings. The molecule has 1 unspecified atom stereocenters. The zero-order valence-corrected chi connectivity index (χ0v) is 9.55. The van der Waals surface area contributed by atoms with Gasteiger partial charge >= 0.3 is 0 Å². The number of aliphatic hydroxyl groups is 1. The second-order valence-electron chi connectivity index (χ2n) is 5.17. The number of aliphatic hydroxyl groups excluding tert-OH is 1. The molecule has 0 saturated carbocycles. The second-order valence-corrected chi connectivity index (χ2v) is 5.17. The lowest BCUT2D eigenvalue weighted by molar-refractivity contribution is -0.0535. The first kappa shape index (κ1) is 12.0. The molecule has 2 N–H and O–H groups in total. The maximum Gasteiger partial charge on any atom is 0.0777 e. The molecule has 1 aliphatic heterocycles. The number of hydrogen-bond acceptors (Lipinski definition) is 3. The van der Waals surface area contributed by atoms with Gasteiger partial charge in [-0.05, 0) is 52.6 Å². The van der Waals surface area contributed by atoms with Gasteiger partial charge in [0.1, 0.15) is 0 Å². The van der Waals surface area contributed by atoms with Crippen molar-refractivity contribution in [2.75, 3.05) is 19.7 Å². The van der Waals surface area contributed by atoms with Gasteiger partial charge in [0, 0.05) is 0 Å². The highest BCUT2D eigenvalue weighted by molar-refractivity contribution is 4.74. The van der Waals surface area contributed by atoms with Gasteiger partial charge in [-0.1, -0.05) is 0 Å². The SMILES string of the molecule is CC(C)(C)OC[C@H](O)CC1CCNC1. The van der Waals surface area contributed by atoms with E-state index >= 15 is 0 Å². The molecule has 0 bridgehead atoms. The second kappa shape index (κ2) is 5.10. The van der Waals surface area contributed by atoms with Gasteiger partial charge in [-0.15, -0.1) is 0 Å². The van der Waals surface area contributed by atoms with Crippen molar-refractivity contribution in [3.63, 3.8) is 0 Å². The monoisotopic (exact) mass is 201 g/mol. The van der Waals surface area contributed by atoms with Crippen LogP contribution in [-0.2, 0) is 4.74 Å². The summed E-state index contributed by atoms with van der Waals surface area (Å²) >= 11 is 0. The van der Waals surface area contributed by atoms with Gasteiger partial charge in [-0.25, -0.2) is 0 Å². The van der Waals surface area contributed by atoms with E-state index < -0.39 is 0 Å². The number of hydrogen-bond donors (Lipinski definition) is 2. The predicted octanol–water partition coefficient (Wildman–Crippen LogP) is 1.16. The fourth-order valence-corrected chi connectivity index (χ4v) is 1.71. The Hall–Kier alpha value is -0.120. The van der Waals surface area contributed by atoms with Crippen molar-refractivity contribution < 1.29 is 9.84 Å². The highest BCUT2D eigenvalue weighted by atomic mass is 16.5. The third-order valence-electron chi connectivity index (χ3n) is 2.48. The first-order valence-electron chi connectivity index (χ1n) is 5.50. The summed E-state index contributed by atoms with van der Waals surface area (Å²) in [6.45, 7) is 8.63. The molecule has 1 fully saturated rings. The molecule has 3 heteroatoms. The summed E-state index contributed by atoms with van der Waals surface area (Å²) in [7, 11) is 0. The van der Waals surface area contributed by atoms with E-state index in [9.17, 15) is 5.11 Å². The van der Waals surface area contributed by atoms with Crippen LogP contribution in [0.25, 0.3) is 0 Å². The first-order chi connectivity index (χ1) is 6.47. The molecule has 1 saturated heterocycles. The molecular weight excluding hydrogens is 178 g/mol. The molecule has 3 nitrogen and oxygen atoms in total. The van der Waals surface area contributed by atoms with Crippen LogP contribution in [0.2, 0.25) is 0 Å². The molecule has 0 aromatic carbocycles. The minimum Gasteiger partial charge on any atom is -0.391 e. The molecule has 1 heterocycles. The lowest BCUT2D eigenvalue weighted by atomic mass is 10.0. The molecule has 0 spiro atoms. The lowest BCUT2D eigenvalue weighted by Crippen LogP contribution is -2.28. The van der Waals surface area contributed by atoms with Gasteiger partial charge in [0.25, 0.3) is 0 Å². The Morgan fingerprint density at radius 2 is 2.21 bits per heavy atom. The van der Waals surface area contributed by atoms with Crippen LogP contribution in [-0.4, -0.2) is 36.5 Å². The van der Waals surface area contributed by atoms with E-state index in [1.165, 1.54) is 6.42 Å². The van der Waals surface area contributed by atoms with E-state index in [-0.39, 0.29) is 11.7 Å². The number of ether oxygens (including phenoxy) is 1. The average molecular weight is 201 g/mol. The Bertz CT molecular complexity index is 159. The average Bonchev–Trinajstić information content (AvgIpc) is 2.52. The van der Waals surface area contributed by atoms with Gasteiger partial charge in [0.15, 0.2) is 0 Å².